The number of ether oxygens (including phenoxy) is 2. The molecule has 0 aromatic carbocycles. The molecule has 3 nitrogen and oxygen atoms in total. The molecular formula is C16H24O3. The topological polar surface area (TPSA) is 35.5 Å². The molecule has 0 heterocycles. The van der Waals surface area contributed by atoms with Gasteiger partial charge in [0.25, 0.3) is 0 Å². The minimum atomic E-state index is -0.0545. The van der Waals surface area contributed by atoms with Crippen molar-refractivity contribution in [3.05, 3.63) is 12.2 Å². The second kappa shape index (κ2) is 5.28. The molecular weight excluding hydrogens is 240 g/mol. The SMILES string of the molecule is CCC1(OCOC(=O)C2CC3C=CC2C3)CCCC1. The van der Waals surface area contributed by atoms with E-state index in [0.29, 0.717) is 11.8 Å². The quantitative estimate of drug-likeness (QED) is 0.433. The number of hydrogen-bond donors (Lipinski definition) is 0. The van der Waals surface area contributed by atoms with E-state index in [1.807, 2.05) is 0 Å². The molecule has 0 aromatic rings. The van der Waals surface area contributed by atoms with E-state index in [-0.39, 0.29) is 24.3 Å². The Bertz CT molecular complexity index is 368. The molecule has 3 rings (SSSR count). The van der Waals surface area contributed by atoms with Gasteiger partial charge in [-0.2, -0.15) is 0 Å². The van der Waals surface area contributed by atoms with Crippen LogP contribution in [-0.4, -0.2) is 18.4 Å². The molecule has 3 unspecified atom stereocenters. The lowest BCUT2D eigenvalue weighted by molar-refractivity contribution is -0.178. The minimum absolute atomic E-state index is 0.0190. The number of esters is 1. The predicted molar refractivity (Wildman–Crippen MR) is 72.4 cm³/mol. The van der Waals surface area contributed by atoms with Gasteiger partial charge < -0.3 is 9.47 Å². The van der Waals surface area contributed by atoms with Gasteiger partial charge >= 0.3 is 5.97 Å². The van der Waals surface area contributed by atoms with Crippen LogP contribution in [0.5, 0.6) is 0 Å². The Labute approximate surface area is 115 Å². The fourth-order valence-corrected chi connectivity index (χ4v) is 3.99. The first-order chi connectivity index (χ1) is 9.22. The number of carbonyl (C=O) groups excluding carboxylic acids is 1. The first kappa shape index (κ1) is 13.2. The molecule has 19 heavy (non-hydrogen) atoms. The largest absolute Gasteiger partial charge is 0.438 e. The first-order valence-corrected chi connectivity index (χ1v) is 7.71. The van der Waals surface area contributed by atoms with Gasteiger partial charge in [0.2, 0.25) is 0 Å². The van der Waals surface area contributed by atoms with Gasteiger partial charge in [-0.15, -0.1) is 0 Å². The zero-order valence-electron chi connectivity index (χ0n) is 11.8. The van der Waals surface area contributed by atoms with E-state index in [2.05, 4.69) is 19.1 Å². The molecule has 3 aliphatic carbocycles. The van der Waals surface area contributed by atoms with Gasteiger partial charge in [-0.25, -0.2) is 0 Å². The second-order valence-electron chi connectivity index (χ2n) is 6.36. The molecule has 0 radical (unpaired) electrons. The van der Waals surface area contributed by atoms with Crippen LogP contribution in [0, 0.1) is 17.8 Å². The van der Waals surface area contributed by atoms with Crippen molar-refractivity contribution in [1.29, 1.82) is 0 Å². The van der Waals surface area contributed by atoms with Gasteiger partial charge in [-0.1, -0.05) is 31.9 Å². The highest BCUT2D eigenvalue weighted by molar-refractivity contribution is 5.74. The van der Waals surface area contributed by atoms with Crippen molar-refractivity contribution in [3.8, 4) is 0 Å². The molecule has 3 atom stereocenters. The number of hydrogen-bond acceptors (Lipinski definition) is 3. The standard InChI is InChI=1S/C16H24O3/c1-2-16(7-3-4-8-16)19-11-18-15(17)14-10-12-5-6-13(14)9-12/h5-6,12-14H,2-4,7-11H2,1H3. The van der Waals surface area contributed by atoms with Crippen LogP contribution in [0.1, 0.15) is 51.9 Å². The summed E-state index contributed by atoms with van der Waals surface area (Å²) in [6, 6.07) is 0. The maximum absolute atomic E-state index is 12.1. The van der Waals surface area contributed by atoms with Gasteiger partial charge in [0.05, 0.1) is 11.5 Å². The Hall–Kier alpha value is -0.830. The van der Waals surface area contributed by atoms with E-state index >= 15 is 0 Å². The molecule has 0 N–H and O–H groups in total. The summed E-state index contributed by atoms with van der Waals surface area (Å²) in [4.78, 5) is 12.1. The molecule has 0 aromatic heterocycles. The van der Waals surface area contributed by atoms with E-state index in [4.69, 9.17) is 9.47 Å². The van der Waals surface area contributed by atoms with Crippen molar-refractivity contribution >= 4 is 5.97 Å². The third kappa shape index (κ3) is 2.58. The smallest absolute Gasteiger partial charge is 0.311 e. The Morgan fingerprint density at radius 1 is 1.26 bits per heavy atom. The summed E-state index contributed by atoms with van der Waals surface area (Å²) in [5.74, 6) is 1.06. The van der Waals surface area contributed by atoms with Crippen molar-refractivity contribution in [3.63, 3.8) is 0 Å². The van der Waals surface area contributed by atoms with Crippen LogP contribution in [0.4, 0.5) is 0 Å². The highest BCUT2D eigenvalue weighted by atomic mass is 16.7. The highest BCUT2D eigenvalue weighted by Crippen LogP contribution is 2.44. The minimum Gasteiger partial charge on any atom is -0.438 e. The molecule has 3 aliphatic rings. The average molecular weight is 264 g/mol. The third-order valence-corrected chi connectivity index (χ3v) is 5.31. The normalized spacial score (nSPS) is 34.9. The molecule has 2 saturated carbocycles. The lowest BCUT2D eigenvalue weighted by atomic mass is 9.94. The van der Waals surface area contributed by atoms with Crippen LogP contribution in [0.15, 0.2) is 12.2 Å². The summed E-state index contributed by atoms with van der Waals surface area (Å²) >= 11 is 0. The Kier molecular flexibility index (Phi) is 3.66. The van der Waals surface area contributed by atoms with Crippen LogP contribution in [0.3, 0.4) is 0 Å². The summed E-state index contributed by atoms with van der Waals surface area (Å²) in [5, 5.41) is 0. The number of allylic oxidation sites excluding steroid dienone is 2. The molecule has 0 aliphatic heterocycles. The number of carbonyl (C=O) groups is 1. The van der Waals surface area contributed by atoms with Crippen molar-refractivity contribution < 1.29 is 14.3 Å². The lowest BCUT2D eigenvalue weighted by Crippen LogP contribution is -2.31. The monoisotopic (exact) mass is 264 g/mol. The summed E-state index contributed by atoms with van der Waals surface area (Å²) in [5.41, 5.74) is -0.0190. The summed E-state index contributed by atoms with van der Waals surface area (Å²) < 4.78 is 11.3. The van der Waals surface area contributed by atoms with Gasteiger partial charge in [0.1, 0.15) is 0 Å². The van der Waals surface area contributed by atoms with Crippen LogP contribution >= 0.6 is 0 Å². The first-order valence-electron chi connectivity index (χ1n) is 7.71. The van der Waals surface area contributed by atoms with E-state index in [1.54, 1.807) is 0 Å². The van der Waals surface area contributed by atoms with E-state index in [0.717, 1.165) is 32.1 Å². The molecule has 0 saturated heterocycles. The van der Waals surface area contributed by atoms with Gasteiger partial charge in [0.15, 0.2) is 6.79 Å². The van der Waals surface area contributed by atoms with Crippen LogP contribution in [-0.2, 0) is 14.3 Å². The van der Waals surface area contributed by atoms with Crippen molar-refractivity contribution in [1.82, 2.24) is 0 Å². The van der Waals surface area contributed by atoms with Crippen LogP contribution in [0.2, 0.25) is 0 Å². The van der Waals surface area contributed by atoms with Crippen LogP contribution in [0.25, 0.3) is 0 Å². The third-order valence-electron chi connectivity index (χ3n) is 5.31. The maximum Gasteiger partial charge on any atom is 0.311 e. The fourth-order valence-electron chi connectivity index (χ4n) is 3.99. The lowest BCUT2D eigenvalue weighted by Gasteiger charge is -2.28. The Morgan fingerprint density at radius 2 is 2.05 bits per heavy atom. The van der Waals surface area contributed by atoms with E-state index < -0.39 is 0 Å². The van der Waals surface area contributed by atoms with Crippen molar-refractivity contribution in [2.45, 2.75) is 57.5 Å². The van der Waals surface area contributed by atoms with Gasteiger partial charge in [-0.3, -0.25) is 4.79 Å². The van der Waals surface area contributed by atoms with Crippen molar-refractivity contribution in [2.24, 2.45) is 17.8 Å². The second-order valence-corrected chi connectivity index (χ2v) is 6.36. The fraction of sp³-hybridized carbons (Fsp3) is 0.812. The zero-order chi connectivity index (χ0) is 13.3. The van der Waals surface area contributed by atoms with Crippen LogP contribution < -0.4 is 0 Å². The Balaban J connectivity index is 1.45. The maximum atomic E-state index is 12.1. The molecule has 2 bridgehead atoms. The van der Waals surface area contributed by atoms with Crippen molar-refractivity contribution in [2.75, 3.05) is 6.79 Å². The van der Waals surface area contributed by atoms with Gasteiger partial charge in [0, 0.05) is 0 Å². The summed E-state index contributed by atoms with van der Waals surface area (Å²) in [7, 11) is 0. The molecule has 0 spiro atoms. The average Bonchev–Trinajstić information content (AvgIpc) is 3.15. The molecule has 3 heteroatoms. The zero-order valence-corrected chi connectivity index (χ0v) is 11.8. The van der Waals surface area contributed by atoms with Gasteiger partial charge in [-0.05, 0) is 43.9 Å². The van der Waals surface area contributed by atoms with E-state index in [9.17, 15) is 4.79 Å². The summed E-state index contributed by atoms with van der Waals surface area (Å²) in [6.45, 7) is 2.30. The molecule has 2 fully saturated rings. The summed E-state index contributed by atoms with van der Waals surface area (Å²) in [6.07, 6.45) is 12.2. The number of rotatable bonds is 5. The predicted octanol–water partition coefficient (Wildman–Crippen LogP) is 3.44. The number of fused-ring (bicyclic) bond motifs is 2. The molecule has 0 amide bonds. The highest BCUT2D eigenvalue weighted by Gasteiger charge is 2.41. The Morgan fingerprint density at radius 3 is 2.63 bits per heavy atom. The molecule has 106 valence electrons. The van der Waals surface area contributed by atoms with E-state index in [1.165, 1.54) is 12.8 Å².